The van der Waals surface area contributed by atoms with E-state index in [1.165, 1.54) is 62.0 Å². The van der Waals surface area contributed by atoms with Gasteiger partial charge < -0.3 is 25.6 Å². The molecule has 9 heteroatoms. The van der Waals surface area contributed by atoms with Gasteiger partial charge in [-0.2, -0.15) is 0 Å². The van der Waals surface area contributed by atoms with E-state index in [0.29, 0.717) is 23.9 Å². The molecule has 4 aliphatic carbocycles. The van der Waals surface area contributed by atoms with Crippen LogP contribution in [0.3, 0.4) is 0 Å². The standard InChI is InChI=1S/C33H43FN4O3S/c34-27-4-1-22(2-5-27)7-10-37(12-9-29(35)40)13-14-38(21-33-18-23-15-24(19-33)17-25(16-23)20-33)11-8-26-3-6-28(39)30-31(26)42-32(41)36-30/h1-6,23-25,39H,7-21H2,(H2,35,40)(H,36,41). The van der Waals surface area contributed by atoms with E-state index in [0.717, 1.165) is 79.1 Å². The Bertz CT molecular complexity index is 1420. The van der Waals surface area contributed by atoms with Crippen LogP contribution in [0.2, 0.25) is 0 Å². The van der Waals surface area contributed by atoms with Gasteiger partial charge in [-0.3, -0.25) is 9.59 Å². The Morgan fingerprint density at radius 3 is 2.24 bits per heavy atom. The lowest BCUT2D eigenvalue weighted by Gasteiger charge is -2.58. The average Bonchev–Trinajstić information content (AvgIpc) is 3.34. The largest absolute Gasteiger partial charge is 0.506 e. The number of primary amides is 1. The third-order valence-corrected chi connectivity index (χ3v) is 11.1. The quantitative estimate of drug-likeness (QED) is 0.246. The molecule has 0 radical (unpaired) electrons. The van der Waals surface area contributed by atoms with Crippen molar-refractivity contribution in [3.63, 3.8) is 0 Å². The molecule has 1 amide bonds. The first kappa shape index (κ1) is 29.3. The second kappa shape index (κ2) is 12.5. The minimum absolute atomic E-state index is 0.115. The van der Waals surface area contributed by atoms with Gasteiger partial charge >= 0.3 is 4.87 Å². The number of thiazole rings is 1. The summed E-state index contributed by atoms with van der Waals surface area (Å²) in [6, 6.07) is 10.3. The number of nitrogens with zero attached hydrogens (tertiary/aromatic N) is 2. The summed E-state index contributed by atoms with van der Waals surface area (Å²) < 4.78 is 14.3. The van der Waals surface area contributed by atoms with Gasteiger partial charge in [-0.25, -0.2) is 4.39 Å². The zero-order valence-electron chi connectivity index (χ0n) is 24.3. The number of aromatic nitrogens is 1. The maximum Gasteiger partial charge on any atom is 0.305 e. The van der Waals surface area contributed by atoms with Crippen molar-refractivity contribution >= 4 is 27.5 Å². The molecule has 0 spiro atoms. The molecule has 7 rings (SSSR count). The van der Waals surface area contributed by atoms with Crippen LogP contribution in [0.1, 0.15) is 56.1 Å². The molecular formula is C33H43FN4O3S. The molecule has 42 heavy (non-hydrogen) atoms. The Balaban J connectivity index is 1.17. The molecule has 4 bridgehead atoms. The predicted octanol–water partition coefficient (Wildman–Crippen LogP) is 4.92. The van der Waals surface area contributed by atoms with E-state index in [1.54, 1.807) is 6.07 Å². The van der Waals surface area contributed by atoms with Crippen molar-refractivity contribution in [2.24, 2.45) is 28.9 Å². The van der Waals surface area contributed by atoms with E-state index < -0.39 is 0 Å². The highest BCUT2D eigenvalue weighted by Gasteiger charge is 2.51. The van der Waals surface area contributed by atoms with Crippen LogP contribution in [0.25, 0.3) is 10.2 Å². The summed E-state index contributed by atoms with van der Waals surface area (Å²) in [5.41, 5.74) is 8.62. The monoisotopic (exact) mass is 594 g/mol. The molecule has 0 atom stereocenters. The highest BCUT2D eigenvalue weighted by molar-refractivity contribution is 7.16. The maximum absolute atomic E-state index is 13.4. The van der Waals surface area contributed by atoms with Gasteiger partial charge in [-0.15, -0.1) is 0 Å². The Hall–Kier alpha value is -2.75. The first-order valence-electron chi connectivity index (χ1n) is 15.5. The number of aromatic amines is 1. The van der Waals surface area contributed by atoms with E-state index in [-0.39, 0.29) is 22.3 Å². The summed E-state index contributed by atoms with van der Waals surface area (Å²) in [7, 11) is 0. The van der Waals surface area contributed by atoms with Gasteiger partial charge in [0, 0.05) is 45.7 Å². The normalized spacial score (nSPS) is 24.8. The lowest BCUT2D eigenvalue weighted by molar-refractivity contribution is -0.118. The fourth-order valence-electron chi connectivity index (χ4n) is 8.60. The average molecular weight is 595 g/mol. The Labute approximate surface area is 250 Å². The fourth-order valence-corrected chi connectivity index (χ4v) is 9.50. The minimum atomic E-state index is -0.297. The van der Waals surface area contributed by atoms with E-state index in [2.05, 4.69) is 14.8 Å². The predicted molar refractivity (Wildman–Crippen MR) is 165 cm³/mol. The van der Waals surface area contributed by atoms with Gasteiger partial charge in [0.1, 0.15) is 17.1 Å². The SMILES string of the molecule is NC(=O)CCN(CCc1ccc(F)cc1)CCN(CCc1ccc(O)c2[nH]c(=O)sc12)CC12CC3CC(CC(C3)C1)C2. The van der Waals surface area contributed by atoms with Crippen molar-refractivity contribution in [1.82, 2.24) is 14.8 Å². The number of nitrogens with two attached hydrogens (primary N) is 1. The van der Waals surface area contributed by atoms with Crippen molar-refractivity contribution in [3.8, 4) is 5.75 Å². The molecule has 2 aromatic carbocycles. The van der Waals surface area contributed by atoms with Gasteiger partial charge in [0.15, 0.2) is 0 Å². The van der Waals surface area contributed by atoms with E-state index in [4.69, 9.17) is 5.73 Å². The van der Waals surface area contributed by atoms with Crippen molar-refractivity contribution in [3.05, 3.63) is 63.0 Å². The molecule has 226 valence electrons. The summed E-state index contributed by atoms with van der Waals surface area (Å²) in [6.07, 6.45) is 10.2. The van der Waals surface area contributed by atoms with Gasteiger partial charge in [0.05, 0.1) is 4.70 Å². The number of hydrogen-bond acceptors (Lipinski definition) is 6. The number of hydrogen-bond donors (Lipinski definition) is 3. The van der Waals surface area contributed by atoms with E-state index in [1.807, 2.05) is 18.2 Å². The number of carbonyl (C=O) groups excluding carboxylic acids is 1. The van der Waals surface area contributed by atoms with Gasteiger partial charge in [-0.1, -0.05) is 29.5 Å². The number of fused-ring (bicyclic) bond motifs is 1. The number of benzene rings is 2. The number of phenols is 1. The van der Waals surface area contributed by atoms with Crippen LogP contribution in [0.15, 0.2) is 41.2 Å². The van der Waals surface area contributed by atoms with Gasteiger partial charge in [0.25, 0.3) is 0 Å². The zero-order valence-corrected chi connectivity index (χ0v) is 25.1. The van der Waals surface area contributed by atoms with Crippen LogP contribution >= 0.6 is 11.3 Å². The number of H-pyrrole nitrogens is 1. The number of carbonyl (C=O) groups is 1. The fraction of sp³-hybridized carbons (Fsp3) is 0.576. The number of halogens is 1. The lowest BCUT2D eigenvalue weighted by Crippen LogP contribution is -2.52. The van der Waals surface area contributed by atoms with Crippen LogP contribution in [0.4, 0.5) is 4.39 Å². The van der Waals surface area contributed by atoms with Crippen LogP contribution in [-0.4, -0.2) is 65.1 Å². The molecule has 1 heterocycles. The van der Waals surface area contributed by atoms with Crippen LogP contribution in [0.5, 0.6) is 5.75 Å². The molecule has 4 aliphatic rings. The minimum Gasteiger partial charge on any atom is -0.506 e. The summed E-state index contributed by atoms with van der Waals surface area (Å²) in [4.78, 5) is 31.3. The molecule has 4 fully saturated rings. The van der Waals surface area contributed by atoms with Crippen molar-refractivity contribution in [2.45, 2.75) is 57.8 Å². The molecule has 7 nitrogen and oxygen atoms in total. The smallest absolute Gasteiger partial charge is 0.305 e. The summed E-state index contributed by atoms with van der Waals surface area (Å²) >= 11 is 1.17. The van der Waals surface area contributed by atoms with Gasteiger partial charge in [-0.05, 0) is 104 Å². The Kier molecular flexibility index (Phi) is 8.70. The number of amides is 1. The summed E-state index contributed by atoms with van der Waals surface area (Å²) in [5.74, 6) is 2.24. The third kappa shape index (κ3) is 6.90. The molecule has 3 aromatic rings. The third-order valence-electron chi connectivity index (χ3n) is 10.1. The Morgan fingerprint density at radius 1 is 0.929 bits per heavy atom. The highest BCUT2D eigenvalue weighted by atomic mass is 32.1. The van der Waals surface area contributed by atoms with E-state index >= 15 is 0 Å². The topological polar surface area (TPSA) is 103 Å². The van der Waals surface area contributed by atoms with Crippen LogP contribution in [-0.2, 0) is 17.6 Å². The zero-order chi connectivity index (χ0) is 29.3. The van der Waals surface area contributed by atoms with Crippen molar-refractivity contribution in [2.75, 3.05) is 39.3 Å². The van der Waals surface area contributed by atoms with Crippen LogP contribution < -0.4 is 10.6 Å². The van der Waals surface area contributed by atoms with Gasteiger partial charge in [0.2, 0.25) is 5.91 Å². The number of rotatable bonds is 14. The first-order chi connectivity index (χ1) is 20.2. The molecule has 0 unspecified atom stereocenters. The second-order valence-electron chi connectivity index (χ2n) is 13.3. The van der Waals surface area contributed by atoms with Crippen molar-refractivity contribution < 1.29 is 14.3 Å². The first-order valence-corrected chi connectivity index (χ1v) is 16.4. The molecule has 4 saturated carbocycles. The lowest BCUT2D eigenvalue weighted by atomic mass is 9.49. The number of aromatic hydroxyl groups is 1. The number of nitrogens with one attached hydrogen (secondary N) is 1. The summed E-state index contributed by atoms with van der Waals surface area (Å²) in [6.45, 7) is 5.05. The summed E-state index contributed by atoms with van der Waals surface area (Å²) in [5, 5.41) is 10.3. The Morgan fingerprint density at radius 2 is 1.57 bits per heavy atom. The number of phenolic OH excluding ortho intramolecular Hbond substituents is 1. The molecule has 4 N–H and O–H groups in total. The van der Waals surface area contributed by atoms with Crippen molar-refractivity contribution in [1.29, 1.82) is 0 Å². The molecule has 0 saturated heterocycles. The molecule has 0 aliphatic heterocycles. The van der Waals surface area contributed by atoms with E-state index in [9.17, 15) is 19.1 Å². The van der Waals surface area contributed by atoms with Crippen LogP contribution in [0, 0.1) is 29.0 Å². The molecular weight excluding hydrogens is 551 g/mol. The molecule has 1 aromatic heterocycles. The highest BCUT2D eigenvalue weighted by Crippen LogP contribution is 2.60. The second-order valence-corrected chi connectivity index (χ2v) is 14.3. The maximum atomic E-state index is 13.4.